The van der Waals surface area contributed by atoms with Gasteiger partial charge in [-0.1, -0.05) is 36.4 Å². The standard InChI is InChI=1S/C17H15Cl2NO/c1-17(11-15(18)19)13-9-5-6-10-14(13)20(16(17)21)12-7-3-2-4-8-12/h2-10,15H,11H2,1H3. The van der Waals surface area contributed by atoms with Crippen LogP contribution in [0.25, 0.3) is 0 Å². The van der Waals surface area contributed by atoms with Gasteiger partial charge in [0.05, 0.1) is 11.1 Å². The lowest BCUT2D eigenvalue weighted by Crippen LogP contribution is -2.37. The molecule has 0 fully saturated rings. The van der Waals surface area contributed by atoms with Gasteiger partial charge >= 0.3 is 0 Å². The van der Waals surface area contributed by atoms with Crippen molar-refractivity contribution in [2.24, 2.45) is 0 Å². The van der Waals surface area contributed by atoms with E-state index in [4.69, 9.17) is 23.2 Å². The molecule has 1 unspecified atom stereocenters. The highest BCUT2D eigenvalue weighted by Gasteiger charge is 2.48. The number of halogens is 2. The summed E-state index contributed by atoms with van der Waals surface area (Å²) < 4.78 is 0. The summed E-state index contributed by atoms with van der Waals surface area (Å²) in [6, 6.07) is 17.5. The molecule has 1 aliphatic rings. The maximum absolute atomic E-state index is 13.0. The number of carbonyl (C=O) groups excluding carboxylic acids is 1. The zero-order valence-electron chi connectivity index (χ0n) is 11.6. The number of fused-ring (bicyclic) bond motifs is 1. The molecule has 1 amide bonds. The summed E-state index contributed by atoms with van der Waals surface area (Å²) in [7, 11) is 0. The maximum Gasteiger partial charge on any atom is 0.242 e. The summed E-state index contributed by atoms with van der Waals surface area (Å²) >= 11 is 11.9. The average molecular weight is 320 g/mol. The lowest BCUT2D eigenvalue weighted by Gasteiger charge is -2.25. The smallest absolute Gasteiger partial charge is 0.242 e. The van der Waals surface area contributed by atoms with Gasteiger partial charge in [-0.2, -0.15) is 0 Å². The Labute approximate surface area is 134 Å². The molecule has 1 aliphatic heterocycles. The van der Waals surface area contributed by atoms with Crippen LogP contribution in [0.3, 0.4) is 0 Å². The molecule has 0 saturated carbocycles. The molecule has 0 saturated heterocycles. The molecule has 2 aromatic rings. The predicted octanol–water partition coefficient (Wildman–Crippen LogP) is 4.82. The molecule has 2 aromatic carbocycles. The fourth-order valence-corrected chi connectivity index (χ4v) is 3.56. The highest BCUT2D eigenvalue weighted by Crippen LogP contribution is 2.48. The molecule has 1 heterocycles. The van der Waals surface area contributed by atoms with Crippen molar-refractivity contribution in [3.8, 4) is 0 Å². The lowest BCUT2D eigenvalue weighted by atomic mass is 9.81. The van der Waals surface area contributed by atoms with E-state index in [-0.39, 0.29) is 5.91 Å². The molecule has 0 spiro atoms. The number of nitrogens with zero attached hydrogens (tertiary/aromatic N) is 1. The highest BCUT2D eigenvalue weighted by molar-refractivity contribution is 6.44. The number of para-hydroxylation sites is 2. The van der Waals surface area contributed by atoms with Gasteiger partial charge in [0.15, 0.2) is 0 Å². The summed E-state index contributed by atoms with van der Waals surface area (Å²) in [4.78, 5) is 14.2. The molecule has 4 heteroatoms. The van der Waals surface area contributed by atoms with Crippen LogP contribution < -0.4 is 4.90 Å². The molecule has 21 heavy (non-hydrogen) atoms. The minimum atomic E-state index is -0.694. The Hall–Kier alpha value is -1.51. The molecule has 0 aromatic heterocycles. The normalized spacial score (nSPS) is 21.0. The fourth-order valence-electron chi connectivity index (χ4n) is 2.95. The van der Waals surface area contributed by atoms with E-state index in [1.165, 1.54) is 0 Å². The third-order valence-corrected chi connectivity index (χ3v) is 4.30. The van der Waals surface area contributed by atoms with Crippen LogP contribution in [0.4, 0.5) is 11.4 Å². The third-order valence-electron chi connectivity index (χ3n) is 3.99. The Kier molecular flexibility index (Phi) is 3.68. The number of rotatable bonds is 3. The second-order valence-corrected chi connectivity index (χ2v) is 6.70. The number of hydrogen-bond acceptors (Lipinski definition) is 1. The van der Waals surface area contributed by atoms with Crippen LogP contribution in [0.1, 0.15) is 18.9 Å². The number of hydrogen-bond donors (Lipinski definition) is 0. The van der Waals surface area contributed by atoms with Crippen molar-refractivity contribution in [2.45, 2.75) is 23.6 Å². The van der Waals surface area contributed by atoms with Crippen LogP contribution >= 0.6 is 23.2 Å². The van der Waals surface area contributed by atoms with Crippen molar-refractivity contribution in [3.63, 3.8) is 0 Å². The monoisotopic (exact) mass is 319 g/mol. The van der Waals surface area contributed by atoms with Gasteiger partial charge in [0.2, 0.25) is 5.91 Å². The van der Waals surface area contributed by atoms with E-state index in [2.05, 4.69) is 0 Å². The summed E-state index contributed by atoms with van der Waals surface area (Å²) in [6.07, 6.45) is 0.398. The lowest BCUT2D eigenvalue weighted by molar-refractivity contribution is -0.122. The van der Waals surface area contributed by atoms with Crippen molar-refractivity contribution in [3.05, 3.63) is 60.2 Å². The highest BCUT2D eigenvalue weighted by atomic mass is 35.5. The average Bonchev–Trinajstić information content (AvgIpc) is 2.68. The van der Waals surface area contributed by atoms with E-state index in [1.54, 1.807) is 4.90 Å². The van der Waals surface area contributed by atoms with Crippen LogP contribution in [0, 0.1) is 0 Å². The number of alkyl halides is 2. The first-order valence-electron chi connectivity index (χ1n) is 6.81. The first kappa shape index (κ1) is 14.4. The van der Waals surface area contributed by atoms with Gasteiger partial charge in [-0.25, -0.2) is 0 Å². The van der Waals surface area contributed by atoms with Gasteiger partial charge in [0.25, 0.3) is 0 Å². The Morgan fingerprint density at radius 1 is 1.05 bits per heavy atom. The van der Waals surface area contributed by atoms with E-state index in [0.29, 0.717) is 6.42 Å². The van der Waals surface area contributed by atoms with Crippen molar-refractivity contribution in [2.75, 3.05) is 4.90 Å². The first-order chi connectivity index (χ1) is 10.0. The molecular formula is C17H15Cl2NO. The van der Waals surface area contributed by atoms with Crippen molar-refractivity contribution in [1.29, 1.82) is 0 Å². The zero-order valence-corrected chi connectivity index (χ0v) is 13.1. The predicted molar refractivity (Wildman–Crippen MR) is 87.5 cm³/mol. The number of benzene rings is 2. The molecule has 3 rings (SSSR count). The number of carbonyl (C=O) groups is 1. The molecule has 2 nitrogen and oxygen atoms in total. The van der Waals surface area contributed by atoms with Crippen LogP contribution in [-0.4, -0.2) is 10.7 Å². The Morgan fingerprint density at radius 3 is 2.33 bits per heavy atom. The Bertz CT molecular complexity index is 672. The van der Waals surface area contributed by atoms with Crippen molar-refractivity contribution < 1.29 is 4.79 Å². The maximum atomic E-state index is 13.0. The van der Waals surface area contributed by atoms with Gasteiger partial charge < -0.3 is 0 Å². The zero-order chi connectivity index (χ0) is 15.0. The Balaban J connectivity index is 2.15. The van der Waals surface area contributed by atoms with Crippen LogP contribution in [0.5, 0.6) is 0 Å². The van der Waals surface area contributed by atoms with Gasteiger partial charge in [0.1, 0.15) is 4.84 Å². The largest absolute Gasteiger partial charge is 0.280 e. The minimum absolute atomic E-state index is 0.0150. The molecule has 1 atom stereocenters. The topological polar surface area (TPSA) is 20.3 Å². The third kappa shape index (κ3) is 2.33. The van der Waals surface area contributed by atoms with Crippen LogP contribution in [-0.2, 0) is 10.2 Å². The van der Waals surface area contributed by atoms with Crippen molar-refractivity contribution in [1.82, 2.24) is 0 Å². The van der Waals surface area contributed by atoms with Gasteiger partial charge in [0, 0.05) is 5.69 Å². The molecule has 0 N–H and O–H groups in total. The molecular weight excluding hydrogens is 305 g/mol. The van der Waals surface area contributed by atoms with E-state index >= 15 is 0 Å². The van der Waals surface area contributed by atoms with E-state index in [1.807, 2.05) is 61.5 Å². The molecule has 0 aliphatic carbocycles. The molecule has 108 valence electrons. The summed E-state index contributed by atoms with van der Waals surface area (Å²) in [5.41, 5.74) is 2.05. The van der Waals surface area contributed by atoms with Crippen molar-refractivity contribution >= 4 is 40.5 Å². The van der Waals surface area contributed by atoms with Gasteiger partial charge in [-0.05, 0) is 37.1 Å². The van der Waals surface area contributed by atoms with E-state index < -0.39 is 10.3 Å². The quantitative estimate of drug-likeness (QED) is 0.743. The molecule has 0 bridgehead atoms. The second-order valence-electron chi connectivity index (χ2n) is 5.42. The minimum Gasteiger partial charge on any atom is -0.280 e. The second kappa shape index (κ2) is 5.36. The van der Waals surface area contributed by atoms with Gasteiger partial charge in [-0.15, -0.1) is 23.2 Å². The van der Waals surface area contributed by atoms with E-state index in [0.717, 1.165) is 16.9 Å². The fraction of sp³-hybridized carbons (Fsp3) is 0.235. The summed E-state index contributed by atoms with van der Waals surface area (Å²) in [6.45, 7) is 1.91. The summed E-state index contributed by atoms with van der Waals surface area (Å²) in [5.74, 6) is 0.0150. The van der Waals surface area contributed by atoms with E-state index in [9.17, 15) is 4.79 Å². The number of anilines is 2. The first-order valence-corrected chi connectivity index (χ1v) is 7.68. The molecule has 0 radical (unpaired) electrons. The van der Waals surface area contributed by atoms with Gasteiger partial charge in [-0.3, -0.25) is 9.69 Å². The summed E-state index contributed by atoms with van der Waals surface area (Å²) in [5, 5.41) is 0. The van der Waals surface area contributed by atoms with Crippen LogP contribution in [0.2, 0.25) is 0 Å². The SMILES string of the molecule is CC1(CC(Cl)Cl)C(=O)N(c2ccccc2)c2ccccc21. The van der Waals surface area contributed by atoms with Crippen LogP contribution in [0.15, 0.2) is 54.6 Å². The Morgan fingerprint density at radius 2 is 1.67 bits per heavy atom. The number of amides is 1.